The molecule has 1 amide bonds. The number of carbonyl (C=O) groups excluding carboxylic acids is 1. The summed E-state index contributed by atoms with van der Waals surface area (Å²) in [6.45, 7) is 3.46. The van der Waals surface area contributed by atoms with Gasteiger partial charge in [-0.2, -0.15) is 0 Å². The van der Waals surface area contributed by atoms with Crippen LogP contribution in [0.15, 0.2) is 95.9 Å². The summed E-state index contributed by atoms with van der Waals surface area (Å²) in [5, 5.41) is 2.85. The molecule has 1 aliphatic rings. The summed E-state index contributed by atoms with van der Waals surface area (Å²) >= 11 is 6.56. The van der Waals surface area contributed by atoms with E-state index in [-0.39, 0.29) is 5.91 Å². The summed E-state index contributed by atoms with van der Waals surface area (Å²) in [6, 6.07) is 24.0. The minimum Gasteiger partial charge on any atom is -0.361 e. The van der Waals surface area contributed by atoms with Gasteiger partial charge in [0.05, 0.1) is 5.02 Å². The van der Waals surface area contributed by atoms with Crippen LogP contribution in [0.2, 0.25) is 5.02 Å². The zero-order valence-corrected chi connectivity index (χ0v) is 20.7. The number of amidine groups is 1. The Labute approximate surface area is 214 Å². The quantitative estimate of drug-likeness (QED) is 0.264. The van der Waals surface area contributed by atoms with Crippen molar-refractivity contribution in [3.05, 3.63) is 113 Å². The fourth-order valence-corrected chi connectivity index (χ4v) is 5.20. The van der Waals surface area contributed by atoms with E-state index in [0.717, 1.165) is 34.1 Å². The minimum absolute atomic E-state index is 0.113. The molecule has 1 aliphatic heterocycles. The fraction of sp³-hybridized carbons (Fsp3) is 0.133. The Morgan fingerprint density at radius 2 is 1.72 bits per heavy atom. The molecule has 0 radical (unpaired) electrons. The molecule has 2 aromatic heterocycles. The van der Waals surface area contributed by atoms with Gasteiger partial charge in [0.15, 0.2) is 0 Å². The van der Waals surface area contributed by atoms with Gasteiger partial charge in [0, 0.05) is 58.4 Å². The zero-order chi connectivity index (χ0) is 24.6. The predicted octanol–water partition coefficient (Wildman–Crippen LogP) is 6.67. The van der Waals surface area contributed by atoms with Crippen LogP contribution in [0.25, 0.3) is 27.9 Å². The third-order valence-electron chi connectivity index (χ3n) is 6.79. The Kier molecular flexibility index (Phi) is 5.70. The highest BCUT2D eigenvalue weighted by Gasteiger charge is 2.32. The van der Waals surface area contributed by atoms with Gasteiger partial charge in [0.25, 0.3) is 5.91 Å². The molecular formula is C30H25ClN4O. The summed E-state index contributed by atoms with van der Waals surface area (Å²) in [7, 11) is 0. The highest BCUT2D eigenvalue weighted by atomic mass is 35.5. The molecule has 0 saturated heterocycles. The van der Waals surface area contributed by atoms with E-state index < -0.39 is 0 Å². The molecular weight excluding hydrogens is 468 g/mol. The van der Waals surface area contributed by atoms with Crippen LogP contribution in [0.1, 0.15) is 23.6 Å². The Hall–Kier alpha value is -4.09. The molecule has 0 unspecified atom stereocenters. The van der Waals surface area contributed by atoms with Crippen molar-refractivity contribution in [2.45, 2.75) is 19.9 Å². The zero-order valence-electron chi connectivity index (χ0n) is 19.9. The van der Waals surface area contributed by atoms with Gasteiger partial charge in [0.2, 0.25) is 0 Å². The molecule has 3 aromatic carbocycles. The smallest absolute Gasteiger partial charge is 0.278 e. The first-order valence-corrected chi connectivity index (χ1v) is 12.5. The maximum absolute atomic E-state index is 13.7. The van der Waals surface area contributed by atoms with E-state index in [0.29, 0.717) is 29.5 Å². The molecule has 0 spiro atoms. The van der Waals surface area contributed by atoms with Crippen LogP contribution in [-0.4, -0.2) is 32.7 Å². The van der Waals surface area contributed by atoms with Crippen molar-refractivity contribution in [1.29, 1.82) is 0 Å². The number of hydrogen-bond acceptors (Lipinski definition) is 2. The molecule has 0 saturated carbocycles. The second-order valence-electron chi connectivity index (χ2n) is 8.90. The molecule has 0 atom stereocenters. The third-order valence-corrected chi connectivity index (χ3v) is 7.12. The van der Waals surface area contributed by atoms with Crippen molar-refractivity contribution in [2.75, 3.05) is 6.54 Å². The van der Waals surface area contributed by atoms with Crippen LogP contribution < -0.4 is 0 Å². The number of amides is 1. The Morgan fingerprint density at radius 3 is 2.56 bits per heavy atom. The molecule has 3 heterocycles. The number of para-hydroxylation sites is 2. The molecule has 6 rings (SSSR count). The molecule has 5 nitrogen and oxygen atoms in total. The largest absolute Gasteiger partial charge is 0.361 e. The van der Waals surface area contributed by atoms with Crippen LogP contribution in [0.5, 0.6) is 0 Å². The van der Waals surface area contributed by atoms with Gasteiger partial charge in [-0.05, 0) is 49.2 Å². The maximum atomic E-state index is 13.7. The minimum atomic E-state index is -0.113. The van der Waals surface area contributed by atoms with Crippen LogP contribution in [0, 0.1) is 0 Å². The van der Waals surface area contributed by atoms with Crippen molar-refractivity contribution in [3.63, 3.8) is 0 Å². The van der Waals surface area contributed by atoms with Gasteiger partial charge in [-0.15, -0.1) is 0 Å². The average molecular weight is 493 g/mol. The van der Waals surface area contributed by atoms with Crippen LogP contribution in [0.4, 0.5) is 0 Å². The number of halogens is 1. The lowest BCUT2D eigenvalue weighted by molar-refractivity contribution is -0.122. The van der Waals surface area contributed by atoms with Crippen molar-refractivity contribution in [3.8, 4) is 0 Å². The van der Waals surface area contributed by atoms with Gasteiger partial charge >= 0.3 is 0 Å². The van der Waals surface area contributed by atoms with E-state index in [1.165, 1.54) is 10.9 Å². The number of benzene rings is 3. The number of H-pyrrole nitrogens is 1. The highest BCUT2D eigenvalue weighted by molar-refractivity contribution is 6.35. The number of fused-ring (bicyclic) bond motifs is 2. The van der Waals surface area contributed by atoms with Crippen molar-refractivity contribution in [2.24, 2.45) is 4.99 Å². The molecule has 36 heavy (non-hydrogen) atoms. The lowest BCUT2D eigenvalue weighted by atomic mass is 10.1. The number of hydrogen-bond donors (Lipinski definition) is 1. The van der Waals surface area contributed by atoms with E-state index in [4.69, 9.17) is 16.6 Å². The maximum Gasteiger partial charge on any atom is 0.278 e. The first-order chi connectivity index (χ1) is 17.6. The van der Waals surface area contributed by atoms with Crippen LogP contribution in [0.3, 0.4) is 0 Å². The normalized spacial score (nSPS) is 14.9. The lowest BCUT2D eigenvalue weighted by Crippen LogP contribution is -2.34. The van der Waals surface area contributed by atoms with Gasteiger partial charge < -0.3 is 9.55 Å². The second kappa shape index (κ2) is 9.17. The summed E-state index contributed by atoms with van der Waals surface area (Å²) in [6.07, 6.45) is 6.71. The summed E-state index contributed by atoms with van der Waals surface area (Å²) in [5.74, 6) is 0.481. The first kappa shape index (κ1) is 22.4. The number of nitrogens with one attached hydrogen (secondary N) is 1. The number of aliphatic imine (C=N–C) groups is 1. The van der Waals surface area contributed by atoms with Crippen molar-refractivity contribution in [1.82, 2.24) is 14.5 Å². The Balaban J connectivity index is 1.40. The third kappa shape index (κ3) is 3.82. The standard InChI is InChI=1S/C30H25ClN4O/c1-2-34-19-21(23-10-5-8-14-28(23)34)17-27-30(36)35(29(33-27)24-11-3-6-12-25(24)31)16-15-20-18-32-26-13-7-4-9-22(20)26/h3-14,17-19,32H,2,15-16H2,1H3/b27-17-. The van der Waals surface area contributed by atoms with E-state index >= 15 is 0 Å². The van der Waals surface area contributed by atoms with Gasteiger partial charge in [0.1, 0.15) is 11.5 Å². The lowest BCUT2D eigenvalue weighted by Gasteiger charge is -2.19. The van der Waals surface area contributed by atoms with E-state index in [2.05, 4.69) is 46.9 Å². The second-order valence-corrected chi connectivity index (χ2v) is 9.31. The Bertz CT molecular complexity index is 1670. The number of rotatable bonds is 6. The van der Waals surface area contributed by atoms with Crippen molar-refractivity contribution >= 4 is 51.2 Å². The number of aromatic nitrogens is 2. The van der Waals surface area contributed by atoms with Gasteiger partial charge in [-0.25, -0.2) is 4.99 Å². The number of nitrogens with zero attached hydrogens (tertiary/aromatic N) is 3. The van der Waals surface area contributed by atoms with E-state index in [1.807, 2.05) is 60.8 Å². The summed E-state index contributed by atoms with van der Waals surface area (Å²) < 4.78 is 2.19. The molecule has 0 aliphatic carbocycles. The summed E-state index contributed by atoms with van der Waals surface area (Å²) in [4.78, 5) is 23.6. The molecule has 1 N–H and O–H groups in total. The average Bonchev–Trinajstić information content (AvgIpc) is 3.57. The van der Waals surface area contributed by atoms with E-state index in [9.17, 15) is 4.79 Å². The summed E-state index contributed by atoms with van der Waals surface area (Å²) in [5.41, 5.74) is 5.56. The van der Waals surface area contributed by atoms with Gasteiger partial charge in [-0.1, -0.05) is 60.1 Å². The first-order valence-electron chi connectivity index (χ1n) is 12.1. The Morgan fingerprint density at radius 1 is 0.972 bits per heavy atom. The molecule has 0 bridgehead atoms. The molecule has 5 aromatic rings. The fourth-order valence-electron chi connectivity index (χ4n) is 4.98. The number of aryl methyl sites for hydroxylation is 1. The van der Waals surface area contributed by atoms with Crippen LogP contribution in [-0.2, 0) is 17.8 Å². The number of aromatic amines is 1. The van der Waals surface area contributed by atoms with Gasteiger partial charge in [-0.3, -0.25) is 9.69 Å². The molecule has 178 valence electrons. The topological polar surface area (TPSA) is 53.4 Å². The van der Waals surface area contributed by atoms with Crippen molar-refractivity contribution < 1.29 is 4.79 Å². The monoisotopic (exact) mass is 492 g/mol. The number of carbonyl (C=O) groups is 1. The predicted molar refractivity (Wildman–Crippen MR) is 147 cm³/mol. The highest BCUT2D eigenvalue weighted by Crippen LogP contribution is 2.29. The SMILES string of the molecule is CCn1cc(/C=C2\N=C(c3ccccc3Cl)N(CCc3c[nH]c4ccccc34)C2=O)c2ccccc21. The molecule has 6 heteroatoms. The van der Waals surface area contributed by atoms with Crippen LogP contribution >= 0.6 is 11.6 Å². The van der Waals surface area contributed by atoms with E-state index in [1.54, 1.807) is 4.90 Å². The molecule has 0 fully saturated rings.